The van der Waals surface area contributed by atoms with Crippen LogP contribution in [0.5, 0.6) is 0 Å². The van der Waals surface area contributed by atoms with Gasteiger partial charge in [0.05, 0.1) is 73.0 Å². The topological polar surface area (TPSA) is 239 Å². The number of ether oxygens (including phenoxy) is 4. The second kappa shape index (κ2) is 26.7. The molecule has 3 aliphatic rings. The molecule has 2 saturated heterocycles. The molecule has 3 heterocycles. The summed E-state index contributed by atoms with van der Waals surface area (Å²) in [4.78, 5) is 24.7. The number of allylic oxidation sites excluding steroid dienone is 12. The smallest absolute Gasteiger partial charge is 0.186 e. The first-order chi connectivity index (χ1) is 29.4. The Labute approximate surface area is 368 Å². The van der Waals surface area contributed by atoms with Crippen LogP contribution in [0.3, 0.4) is 0 Å². The summed E-state index contributed by atoms with van der Waals surface area (Å²) in [6.45, 7) is 9.08. The SMILES string of the molecule is CC1OC(O[C@H]2\C=C/C=C\C=C/C=C\C=C/C=C\C=C/[C@H](C)[C@@H](O)[C@@H](C)C(C)(C)OCC(C=O)[C@H](O)CCCC(=O)CCC[C@H](O)C[C@]3(O)C[C@H](O)CC(C2)O3)C(O)C(N)C1O. The van der Waals surface area contributed by atoms with E-state index in [1.807, 2.05) is 94.5 Å². The van der Waals surface area contributed by atoms with Gasteiger partial charge in [-0.25, -0.2) is 0 Å². The van der Waals surface area contributed by atoms with Gasteiger partial charge < -0.3 is 65.2 Å². The second-order valence-corrected chi connectivity index (χ2v) is 17.8. The average molecular weight is 874 g/mol. The minimum Gasteiger partial charge on any atom is -0.393 e. The number of aliphatic hydroxyl groups excluding tert-OH is 6. The summed E-state index contributed by atoms with van der Waals surface area (Å²) >= 11 is 0. The molecule has 3 rings (SSSR count). The average Bonchev–Trinajstić information content (AvgIpc) is 3.20. The molecule has 15 atom stereocenters. The van der Waals surface area contributed by atoms with Gasteiger partial charge in [-0.1, -0.05) is 98.9 Å². The van der Waals surface area contributed by atoms with Crippen molar-refractivity contribution in [3.63, 3.8) is 0 Å². The van der Waals surface area contributed by atoms with Crippen molar-refractivity contribution in [2.24, 2.45) is 23.5 Å². The van der Waals surface area contributed by atoms with Crippen molar-refractivity contribution in [1.29, 1.82) is 0 Å². The molecule has 0 aromatic carbocycles. The van der Waals surface area contributed by atoms with E-state index < -0.39 is 84.6 Å². The van der Waals surface area contributed by atoms with Crippen molar-refractivity contribution in [3.05, 3.63) is 85.1 Å². The van der Waals surface area contributed by atoms with Gasteiger partial charge in [0.15, 0.2) is 12.1 Å². The molecule has 0 aliphatic carbocycles. The lowest BCUT2D eigenvalue weighted by atomic mass is 9.82. The van der Waals surface area contributed by atoms with E-state index in [0.717, 1.165) is 0 Å². The highest BCUT2D eigenvalue weighted by Crippen LogP contribution is 2.35. The van der Waals surface area contributed by atoms with Crippen LogP contribution in [0.1, 0.15) is 98.8 Å². The Hall–Kier alpha value is -2.96. The Morgan fingerprint density at radius 2 is 1.29 bits per heavy atom. The van der Waals surface area contributed by atoms with Crippen LogP contribution in [0, 0.1) is 17.8 Å². The lowest BCUT2D eigenvalue weighted by Gasteiger charge is -2.43. The Balaban J connectivity index is 1.76. The molecule has 3 aliphatic heterocycles. The van der Waals surface area contributed by atoms with E-state index in [0.29, 0.717) is 19.1 Å². The number of rotatable bonds is 3. The number of carbonyl (C=O) groups is 2. The molecule has 9 N–H and O–H groups in total. The summed E-state index contributed by atoms with van der Waals surface area (Å²) in [6, 6.07) is -1.01. The number of hydrogen-bond donors (Lipinski definition) is 8. The van der Waals surface area contributed by atoms with E-state index in [-0.39, 0.29) is 75.6 Å². The van der Waals surface area contributed by atoms with Crippen molar-refractivity contribution in [2.75, 3.05) is 6.61 Å². The fourth-order valence-electron chi connectivity index (χ4n) is 7.82. The molecular weight excluding hydrogens is 799 g/mol. The second-order valence-electron chi connectivity index (χ2n) is 17.8. The van der Waals surface area contributed by atoms with Gasteiger partial charge in [-0.2, -0.15) is 0 Å². The number of aldehydes is 1. The van der Waals surface area contributed by atoms with E-state index in [4.69, 9.17) is 24.7 Å². The maximum atomic E-state index is 12.7. The summed E-state index contributed by atoms with van der Waals surface area (Å²) in [5.74, 6) is -3.23. The third-order valence-corrected chi connectivity index (χ3v) is 12.1. The zero-order valence-corrected chi connectivity index (χ0v) is 37.2. The molecule has 2 fully saturated rings. The molecule has 0 amide bonds. The van der Waals surface area contributed by atoms with Crippen molar-refractivity contribution in [2.45, 2.75) is 177 Å². The van der Waals surface area contributed by atoms with Crippen molar-refractivity contribution in [1.82, 2.24) is 0 Å². The minimum absolute atomic E-state index is 0.0418. The Bertz CT molecular complexity index is 1560. The number of aliphatic hydroxyl groups is 7. The number of nitrogens with two attached hydrogens (primary N) is 1. The molecular formula is C48H75NO13. The van der Waals surface area contributed by atoms with Gasteiger partial charge in [-0.3, -0.25) is 4.79 Å². The Morgan fingerprint density at radius 3 is 1.89 bits per heavy atom. The van der Waals surface area contributed by atoms with E-state index in [1.54, 1.807) is 25.2 Å². The molecule has 0 aromatic heterocycles. The summed E-state index contributed by atoms with van der Waals surface area (Å²) in [5, 5.41) is 76.1. The molecule has 62 heavy (non-hydrogen) atoms. The molecule has 350 valence electrons. The molecule has 14 heteroatoms. The largest absolute Gasteiger partial charge is 0.393 e. The van der Waals surface area contributed by atoms with Crippen LogP contribution in [0.25, 0.3) is 0 Å². The van der Waals surface area contributed by atoms with Crippen LogP contribution in [-0.4, -0.2) is 133 Å². The standard InChI is InChI=1S/C48H75NO13/c1-32-20-16-14-12-10-8-6-7-9-11-13-15-17-24-39(61-46-45(57)42(49)44(56)34(3)60-46)27-40-26-38(53)29-48(58,62-40)28-37(52)23-18-21-36(51)22-19-25-41(54)35(30-50)31-59-47(4,5)33(2)43(32)55/h6-17,20,24,30,32-35,37-46,52-58H,18-19,21-23,25-29,31,49H2,1-5H3/b7-6-,10-8-,11-9-,14-12-,15-13-,20-16-,24-17-/t32-,33+,34?,35?,37-,38+,39-,40?,41+,42?,43+,44?,45?,46?,48+/m0/s1. The van der Waals surface area contributed by atoms with Gasteiger partial charge in [0, 0.05) is 43.9 Å². The number of Topliss-reactive ketones (excluding diaryl/α,β-unsaturated/α-hetero) is 1. The molecule has 2 bridgehead atoms. The summed E-state index contributed by atoms with van der Waals surface area (Å²) < 4.78 is 24.1. The van der Waals surface area contributed by atoms with E-state index in [9.17, 15) is 45.3 Å². The first-order valence-electron chi connectivity index (χ1n) is 22.2. The Morgan fingerprint density at radius 1 is 0.742 bits per heavy atom. The van der Waals surface area contributed by atoms with Gasteiger partial charge >= 0.3 is 0 Å². The summed E-state index contributed by atoms with van der Waals surface area (Å²) in [7, 11) is 0. The molecule has 7 unspecified atom stereocenters. The minimum atomic E-state index is -1.86. The highest BCUT2D eigenvalue weighted by atomic mass is 16.7. The van der Waals surface area contributed by atoms with E-state index >= 15 is 0 Å². The number of fused-ring (bicyclic) bond motifs is 2. The predicted octanol–water partition coefficient (Wildman–Crippen LogP) is 3.96. The van der Waals surface area contributed by atoms with Crippen LogP contribution in [0.4, 0.5) is 0 Å². The lowest BCUT2D eigenvalue weighted by Crippen LogP contribution is -2.61. The first kappa shape index (κ1) is 53.4. The molecule has 0 aromatic rings. The van der Waals surface area contributed by atoms with Gasteiger partial charge in [0.2, 0.25) is 0 Å². The number of hydrogen-bond acceptors (Lipinski definition) is 14. The summed E-state index contributed by atoms with van der Waals surface area (Å²) in [6.07, 6.45) is 18.3. The third kappa shape index (κ3) is 18.3. The van der Waals surface area contributed by atoms with Crippen LogP contribution in [-0.2, 0) is 28.5 Å². The van der Waals surface area contributed by atoms with Crippen LogP contribution < -0.4 is 5.73 Å². The normalized spacial score (nSPS) is 43.3. The van der Waals surface area contributed by atoms with Crippen LogP contribution >= 0.6 is 0 Å². The summed E-state index contributed by atoms with van der Waals surface area (Å²) in [5.41, 5.74) is 5.24. The lowest BCUT2D eigenvalue weighted by molar-refractivity contribution is -0.297. The molecule has 0 radical (unpaired) electrons. The third-order valence-electron chi connectivity index (χ3n) is 12.1. The van der Waals surface area contributed by atoms with E-state index in [2.05, 4.69) is 0 Å². The maximum absolute atomic E-state index is 12.7. The monoisotopic (exact) mass is 874 g/mol. The predicted molar refractivity (Wildman–Crippen MR) is 236 cm³/mol. The van der Waals surface area contributed by atoms with Gasteiger partial charge in [0.25, 0.3) is 0 Å². The zero-order valence-electron chi connectivity index (χ0n) is 37.2. The molecule has 0 spiro atoms. The Kier molecular flexibility index (Phi) is 23.0. The van der Waals surface area contributed by atoms with Crippen LogP contribution in [0.15, 0.2) is 85.1 Å². The zero-order chi connectivity index (χ0) is 45.9. The van der Waals surface area contributed by atoms with Gasteiger partial charge in [0.1, 0.15) is 18.2 Å². The van der Waals surface area contributed by atoms with Gasteiger partial charge in [-0.05, 0) is 52.9 Å². The number of carbonyl (C=O) groups excluding carboxylic acids is 2. The quantitative estimate of drug-likeness (QED) is 0.188. The fourth-order valence-corrected chi connectivity index (χ4v) is 7.82. The van der Waals surface area contributed by atoms with Crippen molar-refractivity contribution < 1.29 is 64.3 Å². The first-order valence-corrected chi connectivity index (χ1v) is 22.2. The van der Waals surface area contributed by atoms with Crippen molar-refractivity contribution in [3.8, 4) is 0 Å². The highest BCUT2D eigenvalue weighted by Gasteiger charge is 2.44. The van der Waals surface area contributed by atoms with Gasteiger partial charge in [-0.15, -0.1) is 0 Å². The fraction of sp³-hybridized carbons (Fsp3) is 0.667. The molecule has 0 saturated carbocycles. The number of ketones is 1. The highest BCUT2D eigenvalue weighted by molar-refractivity contribution is 5.78. The van der Waals surface area contributed by atoms with Crippen LogP contribution in [0.2, 0.25) is 0 Å². The maximum Gasteiger partial charge on any atom is 0.186 e. The molecule has 14 nitrogen and oxygen atoms in total. The van der Waals surface area contributed by atoms with Crippen molar-refractivity contribution >= 4 is 12.1 Å². The van der Waals surface area contributed by atoms with E-state index in [1.165, 1.54) is 0 Å².